The Morgan fingerprint density at radius 2 is 1.52 bits per heavy atom. The second-order valence-electron chi connectivity index (χ2n) is 4.16. The molecule has 0 saturated heterocycles. The number of thiol groups is 3. The molecule has 1 rings (SSSR count). The molecule has 0 aliphatic heterocycles. The van der Waals surface area contributed by atoms with Gasteiger partial charge >= 0.3 is 0 Å². The Hall–Kier alpha value is -0.440. The molecule has 0 saturated carbocycles. The number of nitriles is 1. The smallest absolute Gasteiger partial charge is 0.130 e. The number of rotatable bonds is 5. The zero-order chi connectivity index (χ0) is 16.3. The Bertz CT molecular complexity index is 603. The molecule has 0 heterocycles. The minimum Gasteiger partial charge on any atom is -0.192 e. The summed E-state index contributed by atoms with van der Waals surface area (Å²) < 4.78 is -2.69. The summed E-state index contributed by atoms with van der Waals surface area (Å²) in [5, 5.41) is 9.56. The van der Waals surface area contributed by atoms with Crippen LogP contribution >= 0.6 is 61.1 Å². The van der Waals surface area contributed by atoms with E-state index >= 15 is 0 Å². The monoisotopic (exact) mass is 373 g/mol. The minimum atomic E-state index is -1.34. The summed E-state index contributed by atoms with van der Waals surface area (Å²) >= 11 is 25.6. The largest absolute Gasteiger partial charge is 0.192 e. The average molecular weight is 374 g/mol. The Kier molecular flexibility index (Phi) is 6.39. The highest BCUT2D eigenvalue weighted by Crippen LogP contribution is 2.47. The van der Waals surface area contributed by atoms with Gasteiger partial charge in [-0.15, -0.1) is 51.0 Å². The standard InChI is InChI=1S/C15H13Cl2NS3/c1-3-14(16,20)13(15(17,21)4-2)12(9-18)10-5-7-11(19)8-6-10/h3-8,19-21H,1-2H2. The molecule has 110 valence electrons. The van der Waals surface area contributed by atoms with Crippen LogP contribution in [0.5, 0.6) is 0 Å². The number of benzene rings is 1. The zero-order valence-electron chi connectivity index (χ0n) is 10.9. The van der Waals surface area contributed by atoms with E-state index in [4.69, 9.17) is 23.2 Å². The SMILES string of the molecule is C=CC(S)(Cl)C(=C(C#N)c1ccc(S)cc1)C(S)(Cl)C=C. The van der Waals surface area contributed by atoms with Crippen molar-refractivity contribution in [3.63, 3.8) is 0 Å². The van der Waals surface area contributed by atoms with E-state index in [-0.39, 0.29) is 11.1 Å². The first-order chi connectivity index (χ1) is 9.69. The first kappa shape index (κ1) is 18.6. The van der Waals surface area contributed by atoms with E-state index in [0.717, 1.165) is 4.90 Å². The van der Waals surface area contributed by atoms with Crippen LogP contribution < -0.4 is 0 Å². The molecular weight excluding hydrogens is 361 g/mol. The van der Waals surface area contributed by atoms with Gasteiger partial charge in [0, 0.05) is 10.5 Å². The summed E-state index contributed by atoms with van der Waals surface area (Å²) in [7, 11) is 0. The lowest BCUT2D eigenvalue weighted by atomic mass is 9.95. The number of alkyl halides is 2. The number of allylic oxidation sites excluding steroid dienone is 1. The fraction of sp³-hybridized carbons (Fsp3) is 0.133. The van der Waals surface area contributed by atoms with E-state index in [1.807, 2.05) is 0 Å². The molecule has 1 nitrogen and oxygen atoms in total. The third-order valence-corrected chi connectivity index (χ3v) is 4.56. The Balaban J connectivity index is 3.73. The maximum atomic E-state index is 9.56. The van der Waals surface area contributed by atoms with Gasteiger partial charge in [-0.2, -0.15) is 5.26 Å². The van der Waals surface area contributed by atoms with E-state index in [1.165, 1.54) is 12.2 Å². The van der Waals surface area contributed by atoms with Crippen LogP contribution in [0.25, 0.3) is 5.57 Å². The van der Waals surface area contributed by atoms with Crippen LogP contribution in [0.2, 0.25) is 0 Å². The molecule has 0 amide bonds. The van der Waals surface area contributed by atoms with Crippen molar-refractivity contribution >= 4 is 66.7 Å². The molecule has 1 aromatic rings. The fourth-order valence-corrected chi connectivity index (χ4v) is 3.17. The molecule has 0 N–H and O–H groups in total. The van der Waals surface area contributed by atoms with Crippen molar-refractivity contribution in [2.45, 2.75) is 13.3 Å². The average Bonchev–Trinajstić information content (AvgIpc) is 2.45. The van der Waals surface area contributed by atoms with Crippen molar-refractivity contribution in [3.05, 3.63) is 60.7 Å². The van der Waals surface area contributed by atoms with Crippen LogP contribution in [0.4, 0.5) is 0 Å². The van der Waals surface area contributed by atoms with Crippen LogP contribution in [0.1, 0.15) is 5.56 Å². The first-order valence-electron chi connectivity index (χ1n) is 5.74. The highest BCUT2D eigenvalue weighted by atomic mass is 35.5. The maximum absolute atomic E-state index is 9.56. The van der Waals surface area contributed by atoms with Crippen molar-refractivity contribution < 1.29 is 0 Å². The van der Waals surface area contributed by atoms with Gasteiger partial charge in [-0.05, 0) is 17.7 Å². The molecule has 0 spiro atoms. The molecule has 0 radical (unpaired) electrons. The Morgan fingerprint density at radius 1 is 1.10 bits per heavy atom. The van der Waals surface area contributed by atoms with Crippen molar-refractivity contribution in [2.24, 2.45) is 0 Å². The van der Waals surface area contributed by atoms with Crippen LogP contribution in [0.15, 0.2) is 60.0 Å². The molecule has 0 fully saturated rings. The summed E-state index contributed by atoms with van der Waals surface area (Å²) in [6.07, 6.45) is 2.77. The topological polar surface area (TPSA) is 23.8 Å². The lowest BCUT2D eigenvalue weighted by Crippen LogP contribution is -2.28. The highest BCUT2D eigenvalue weighted by Gasteiger charge is 2.39. The second kappa shape index (κ2) is 7.21. The van der Waals surface area contributed by atoms with E-state index in [9.17, 15) is 5.26 Å². The van der Waals surface area contributed by atoms with Gasteiger partial charge in [-0.3, -0.25) is 0 Å². The van der Waals surface area contributed by atoms with Gasteiger partial charge in [-0.1, -0.05) is 47.5 Å². The van der Waals surface area contributed by atoms with E-state index in [0.29, 0.717) is 5.56 Å². The van der Waals surface area contributed by atoms with E-state index in [2.05, 4.69) is 57.1 Å². The molecule has 0 bridgehead atoms. The molecule has 6 heteroatoms. The van der Waals surface area contributed by atoms with Crippen LogP contribution in [-0.2, 0) is 0 Å². The van der Waals surface area contributed by atoms with Gasteiger partial charge < -0.3 is 0 Å². The lowest BCUT2D eigenvalue weighted by Gasteiger charge is -2.31. The quantitative estimate of drug-likeness (QED) is 0.275. The van der Waals surface area contributed by atoms with E-state index in [1.54, 1.807) is 24.3 Å². The summed E-state index contributed by atoms with van der Waals surface area (Å²) in [5.41, 5.74) is 1.18. The summed E-state index contributed by atoms with van der Waals surface area (Å²) in [5.74, 6) is 0. The van der Waals surface area contributed by atoms with Crippen molar-refractivity contribution in [3.8, 4) is 6.07 Å². The van der Waals surface area contributed by atoms with Crippen molar-refractivity contribution in [1.29, 1.82) is 5.26 Å². The predicted octanol–water partition coefficient (Wildman–Crippen LogP) is 5.35. The van der Waals surface area contributed by atoms with Crippen molar-refractivity contribution in [1.82, 2.24) is 0 Å². The number of hydrogen-bond donors (Lipinski definition) is 3. The summed E-state index contributed by atoms with van der Waals surface area (Å²) in [4.78, 5) is 0.774. The van der Waals surface area contributed by atoms with Crippen LogP contribution in [0.3, 0.4) is 0 Å². The molecule has 2 atom stereocenters. The normalized spacial score (nSPS) is 16.0. The maximum Gasteiger partial charge on any atom is 0.130 e. The van der Waals surface area contributed by atoms with Gasteiger partial charge in [0.1, 0.15) is 8.41 Å². The van der Waals surface area contributed by atoms with E-state index < -0.39 is 8.41 Å². The molecule has 1 aromatic carbocycles. The van der Waals surface area contributed by atoms with Crippen molar-refractivity contribution in [2.75, 3.05) is 0 Å². The third kappa shape index (κ3) is 4.28. The Labute approximate surface area is 151 Å². The van der Waals surface area contributed by atoms with Gasteiger partial charge in [0.25, 0.3) is 0 Å². The molecule has 0 aliphatic rings. The molecule has 21 heavy (non-hydrogen) atoms. The number of halogens is 2. The number of hydrogen-bond acceptors (Lipinski definition) is 4. The predicted molar refractivity (Wildman–Crippen MR) is 102 cm³/mol. The third-order valence-electron chi connectivity index (χ3n) is 2.76. The zero-order valence-corrected chi connectivity index (χ0v) is 15.1. The fourth-order valence-electron chi connectivity index (χ4n) is 1.69. The second-order valence-corrected chi connectivity index (χ2v) is 7.81. The highest BCUT2D eigenvalue weighted by molar-refractivity contribution is 7.85. The van der Waals surface area contributed by atoms with Gasteiger partial charge in [-0.25, -0.2) is 0 Å². The van der Waals surface area contributed by atoms with Gasteiger partial charge in [0.15, 0.2) is 0 Å². The van der Waals surface area contributed by atoms with Crippen LogP contribution in [0, 0.1) is 11.3 Å². The number of nitrogens with zero attached hydrogens (tertiary/aromatic N) is 1. The summed E-state index contributed by atoms with van der Waals surface area (Å²) in [6, 6.07) is 9.12. The minimum absolute atomic E-state index is 0.262. The lowest BCUT2D eigenvalue weighted by molar-refractivity contribution is 1.04. The molecular formula is C15H13Cl2NS3. The van der Waals surface area contributed by atoms with Crippen LogP contribution in [-0.4, -0.2) is 8.41 Å². The molecule has 0 aliphatic carbocycles. The molecule has 2 unspecified atom stereocenters. The van der Waals surface area contributed by atoms with Gasteiger partial charge in [0.05, 0.1) is 11.6 Å². The first-order valence-corrected chi connectivity index (χ1v) is 7.84. The Morgan fingerprint density at radius 3 is 1.86 bits per heavy atom. The summed E-state index contributed by atoms with van der Waals surface area (Å²) in [6.45, 7) is 7.27. The molecule has 0 aromatic heterocycles. The van der Waals surface area contributed by atoms with Gasteiger partial charge in [0.2, 0.25) is 0 Å².